The molecule has 0 spiro atoms. The van der Waals surface area contributed by atoms with Crippen molar-refractivity contribution in [2.75, 3.05) is 25.0 Å². The van der Waals surface area contributed by atoms with Crippen LogP contribution >= 0.6 is 0 Å². The molecule has 5 N–H and O–H groups in total. The molecule has 3 heterocycles. The largest absolute Gasteiger partial charge is 0.481 e. The second-order valence-electron chi connectivity index (χ2n) is 8.98. The Morgan fingerprint density at radius 1 is 1.30 bits per heavy atom. The number of nitrogens with two attached hydrogens (primary N) is 2. The maximum Gasteiger partial charge on any atom is 0.300 e. The molecule has 1 aliphatic heterocycles. The van der Waals surface area contributed by atoms with Gasteiger partial charge in [0.25, 0.3) is 17.5 Å². The molecule has 3 rings (SSSR count). The van der Waals surface area contributed by atoms with Crippen LogP contribution in [0.4, 0.5) is 14.5 Å². The molecule has 0 atom stereocenters. The maximum atomic E-state index is 14.0. The first kappa shape index (κ1) is 29.7. The van der Waals surface area contributed by atoms with Crippen LogP contribution in [0.15, 0.2) is 35.0 Å². The molecule has 0 saturated carbocycles. The van der Waals surface area contributed by atoms with Gasteiger partial charge in [-0.2, -0.15) is 0 Å². The first-order valence-electron chi connectivity index (χ1n) is 12.2. The van der Waals surface area contributed by atoms with Gasteiger partial charge in [0.15, 0.2) is 0 Å². The van der Waals surface area contributed by atoms with Crippen molar-refractivity contribution in [3.8, 4) is 0 Å². The molecule has 12 heteroatoms. The minimum Gasteiger partial charge on any atom is -0.481 e. The fraction of sp³-hybridized carbons (Fsp3) is 0.520. The Hall–Kier alpha value is -3.54. The van der Waals surface area contributed by atoms with E-state index in [1.807, 2.05) is 13.8 Å². The smallest absolute Gasteiger partial charge is 0.300 e. The van der Waals surface area contributed by atoms with Gasteiger partial charge in [0.1, 0.15) is 0 Å². The van der Waals surface area contributed by atoms with Gasteiger partial charge in [-0.05, 0) is 31.4 Å². The van der Waals surface area contributed by atoms with Gasteiger partial charge in [-0.1, -0.05) is 20.3 Å². The standard InChI is InChI=1S/C23H33F2N7O.C2H4O2/c1-4-7-16-13-32(21(33)12-28-16)14-20(30(3)27)22(26)18-8-9-19(17(5-2)29-18)31-11-6-10-23(24,25)15-31;1-2(3)4/h8-9,12-13H,4-7,10-11,14-15,26-27H2,1-3H3;1H3,(H,3,4)/b22-20-;. The summed E-state index contributed by atoms with van der Waals surface area (Å²) < 4.78 is 29.4. The number of nitrogens with zero attached hydrogens (tertiary/aromatic N) is 5. The molecule has 0 aromatic carbocycles. The number of rotatable bonds is 8. The summed E-state index contributed by atoms with van der Waals surface area (Å²) in [5.41, 5.74) is 9.73. The van der Waals surface area contributed by atoms with E-state index in [2.05, 4.69) is 9.97 Å². The molecule has 1 aliphatic rings. The fourth-order valence-electron chi connectivity index (χ4n) is 4.06. The minimum atomic E-state index is -2.70. The first-order valence-corrected chi connectivity index (χ1v) is 12.2. The van der Waals surface area contributed by atoms with E-state index in [1.54, 1.807) is 30.3 Å². The molecule has 0 bridgehead atoms. The average molecular weight is 522 g/mol. The van der Waals surface area contributed by atoms with E-state index < -0.39 is 11.9 Å². The number of halogens is 2. The van der Waals surface area contributed by atoms with Crippen LogP contribution < -0.4 is 22.0 Å². The van der Waals surface area contributed by atoms with Crippen LogP contribution in [0.1, 0.15) is 57.1 Å². The molecule has 10 nitrogen and oxygen atoms in total. The number of piperidine rings is 1. The number of alkyl halides is 2. The van der Waals surface area contributed by atoms with E-state index >= 15 is 0 Å². The Balaban J connectivity index is 0.00000112. The molecule has 0 unspecified atom stereocenters. The summed E-state index contributed by atoms with van der Waals surface area (Å²) in [4.78, 5) is 31.9. The molecule has 204 valence electrons. The average Bonchev–Trinajstić information content (AvgIpc) is 2.82. The number of hydrogen-bond acceptors (Lipinski definition) is 8. The van der Waals surface area contributed by atoms with E-state index in [0.29, 0.717) is 47.9 Å². The minimum absolute atomic E-state index is 0.0906. The number of hydrazine groups is 1. The Morgan fingerprint density at radius 3 is 2.54 bits per heavy atom. The van der Waals surface area contributed by atoms with E-state index in [4.69, 9.17) is 21.5 Å². The third kappa shape index (κ3) is 8.52. The van der Waals surface area contributed by atoms with Crippen LogP contribution in [0.2, 0.25) is 0 Å². The van der Waals surface area contributed by atoms with Crippen molar-refractivity contribution in [1.82, 2.24) is 19.5 Å². The molecule has 0 aliphatic carbocycles. The van der Waals surface area contributed by atoms with Crippen molar-refractivity contribution < 1.29 is 18.7 Å². The summed E-state index contributed by atoms with van der Waals surface area (Å²) in [7, 11) is 1.65. The highest BCUT2D eigenvalue weighted by atomic mass is 19.3. The number of aromatic nitrogens is 3. The first-order chi connectivity index (χ1) is 17.4. The van der Waals surface area contributed by atoms with Crippen LogP contribution in [0.25, 0.3) is 5.70 Å². The van der Waals surface area contributed by atoms with Gasteiger partial charge in [0.2, 0.25) is 0 Å². The van der Waals surface area contributed by atoms with Crippen LogP contribution in [-0.4, -0.2) is 56.7 Å². The number of likely N-dealkylation sites (N-methyl/N-ethyl adjacent to an activating group) is 1. The van der Waals surface area contributed by atoms with Gasteiger partial charge in [-0.3, -0.25) is 14.6 Å². The topological polar surface area (TPSA) is 144 Å². The highest BCUT2D eigenvalue weighted by molar-refractivity contribution is 5.65. The summed E-state index contributed by atoms with van der Waals surface area (Å²) >= 11 is 0. The summed E-state index contributed by atoms with van der Waals surface area (Å²) in [6, 6.07) is 3.51. The normalized spacial score (nSPS) is 15.4. The number of hydrogen-bond donors (Lipinski definition) is 3. The van der Waals surface area contributed by atoms with E-state index in [1.165, 1.54) is 15.8 Å². The summed E-state index contributed by atoms with van der Waals surface area (Å²) in [6.45, 7) is 5.46. The molecule has 1 fully saturated rings. The maximum absolute atomic E-state index is 14.0. The molecule has 2 aromatic rings. The lowest BCUT2D eigenvalue weighted by atomic mass is 10.1. The number of aliphatic carboxylic acids is 1. The zero-order valence-electron chi connectivity index (χ0n) is 21.9. The molecule has 1 saturated heterocycles. The van der Waals surface area contributed by atoms with Crippen molar-refractivity contribution in [1.29, 1.82) is 0 Å². The van der Waals surface area contributed by atoms with Crippen LogP contribution in [0, 0.1) is 0 Å². The Bertz CT molecular complexity index is 1160. The Kier molecular flexibility index (Phi) is 10.5. The third-order valence-electron chi connectivity index (χ3n) is 5.79. The molecule has 0 radical (unpaired) electrons. The summed E-state index contributed by atoms with van der Waals surface area (Å²) in [5, 5.41) is 8.79. The lowest BCUT2D eigenvalue weighted by molar-refractivity contribution is -0.134. The Labute approximate surface area is 215 Å². The predicted octanol–water partition coefficient (Wildman–Crippen LogP) is 2.61. The van der Waals surface area contributed by atoms with Crippen molar-refractivity contribution >= 4 is 17.4 Å². The number of allylic oxidation sites excluding steroid dienone is 1. The van der Waals surface area contributed by atoms with Crippen LogP contribution in [-0.2, 0) is 24.2 Å². The van der Waals surface area contributed by atoms with Gasteiger partial charge in [-0.25, -0.2) is 19.6 Å². The van der Waals surface area contributed by atoms with Gasteiger partial charge < -0.3 is 25.3 Å². The van der Waals surface area contributed by atoms with E-state index in [-0.39, 0.29) is 25.1 Å². The van der Waals surface area contributed by atoms with Crippen molar-refractivity contribution in [3.05, 3.63) is 57.7 Å². The zero-order chi connectivity index (χ0) is 27.8. The van der Waals surface area contributed by atoms with Gasteiger partial charge in [0.05, 0.1) is 53.4 Å². The molecular weight excluding hydrogens is 484 g/mol. The number of pyridine rings is 1. The van der Waals surface area contributed by atoms with Gasteiger partial charge in [-0.15, -0.1) is 0 Å². The monoisotopic (exact) mass is 521 g/mol. The lowest BCUT2D eigenvalue weighted by Crippen LogP contribution is -2.43. The second-order valence-corrected chi connectivity index (χ2v) is 8.98. The summed E-state index contributed by atoms with van der Waals surface area (Å²) in [6.07, 6.45) is 5.59. The van der Waals surface area contributed by atoms with Crippen molar-refractivity contribution in [2.45, 2.75) is 65.3 Å². The molecular formula is C25H37F2N7O3. The van der Waals surface area contributed by atoms with Gasteiger partial charge in [0, 0.05) is 33.1 Å². The molecule has 0 amide bonds. The number of anilines is 1. The van der Waals surface area contributed by atoms with E-state index in [0.717, 1.165) is 25.5 Å². The molecule has 2 aromatic heterocycles. The molecule has 37 heavy (non-hydrogen) atoms. The number of aryl methyl sites for hydroxylation is 2. The van der Waals surface area contributed by atoms with Gasteiger partial charge >= 0.3 is 0 Å². The van der Waals surface area contributed by atoms with Crippen LogP contribution in [0.3, 0.4) is 0 Å². The van der Waals surface area contributed by atoms with Crippen LogP contribution in [0.5, 0.6) is 0 Å². The highest BCUT2D eigenvalue weighted by Gasteiger charge is 2.36. The number of carbonyl (C=O) groups is 1. The van der Waals surface area contributed by atoms with Crippen molar-refractivity contribution in [3.63, 3.8) is 0 Å². The zero-order valence-corrected chi connectivity index (χ0v) is 21.9. The SMILES string of the molecule is CC(=O)O.CCCc1cn(C/C(=C(/N)c2ccc(N3CCCC(F)(F)C3)c(CC)n2)N(C)N)c(=O)cn1. The van der Waals surface area contributed by atoms with E-state index in [9.17, 15) is 13.6 Å². The fourth-order valence-corrected chi connectivity index (χ4v) is 4.06. The lowest BCUT2D eigenvalue weighted by Gasteiger charge is -2.35. The number of carboxylic acids is 1. The van der Waals surface area contributed by atoms with Crippen molar-refractivity contribution in [2.24, 2.45) is 11.6 Å². The second kappa shape index (κ2) is 13.1. The predicted molar refractivity (Wildman–Crippen MR) is 139 cm³/mol. The number of carboxylic acid groups (broad SMARTS) is 1. The third-order valence-corrected chi connectivity index (χ3v) is 5.79. The summed E-state index contributed by atoms with van der Waals surface area (Å²) in [5.74, 6) is 2.52. The Morgan fingerprint density at radius 2 is 1.97 bits per heavy atom. The quantitative estimate of drug-likeness (QED) is 0.353. The highest BCUT2D eigenvalue weighted by Crippen LogP contribution is 2.32.